The predicted octanol–water partition coefficient (Wildman–Crippen LogP) is 4.94. The van der Waals surface area contributed by atoms with Crippen molar-refractivity contribution in [1.82, 2.24) is 9.97 Å². The summed E-state index contributed by atoms with van der Waals surface area (Å²) in [5.74, 6) is 1.68. The molecule has 0 unspecified atom stereocenters. The Hall–Kier alpha value is -3.12. The van der Waals surface area contributed by atoms with Gasteiger partial charge in [-0.25, -0.2) is 4.98 Å². The summed E-state index contributed by atoms with van der Waals surface area (Å²) in [6.45, 7) is 0.390. The summed E-state index contributed by atoms with van der Waals surface area (Å²) in [5.41, 5.74) is 2.24. The van der Waals surface area contributed by atoms with Gasteiger partial charge in [-0.1, -0.05) is 40.2 Å². The molecule has 1 N–H and O–H groups in total. The van der Waals surface area contributed by atoms with Gasteiger partial charge < -0.3 is 14.5 Å². The van der Waals surface area contributed by atoms with Crippen LogP contribution in [0.25, 0.3) is 22.3 Å². The molecular formula is C22H17BrN2O3. The fourth-order valence-corrected chi connectivity index (χ4v) is 3.39. The molecule has 0 spiro atoms. The van der Waals surface area contributed by atoms with Gasteiger partial charge in [-0.2, -0.15) is 0 Å². The van der Waals surface area contributed by atoms with Crippen LogP contribution in [0.15, 0.2) is 76.0 Å². The molecule has 4 rings (SSSR count). The van der Waals surface area contributed by atoms with E-state index in [0.29, 0.717) is 34.8 Å². The van der Waals surface area contributed by atoms with Crippen LogP contribution in [-0.2, 0) is 6.61 Å². The number of halogens is 1. The van der Waals surface area contributed by atoms with Crippen molar-refractivity contribution in [3.05, 3.63) is 87.1 Å². The van der Waals surface area contributed by atoms with Crippen LogP contribution < -0.4 is 15.0 Å². The Bertz CT molecular complexity index is 1200. The largest absolute Gasteiger partial charge is 0.493 e. The van der Waals surface area contributed by atoms with E-state index in [4.69, 9.17) is 9.47 Å². The van der Waals surface area contributed by atoms with Crippen LogP contribution in [-0.4, -0.2) is 17.1 Å². The van der Waals surface area contributed by atoms with Gasteiger partial charge in [-0.3, -0.25) is 4.79 Å². The smallest absolute Gasteiger partial charge is 0.259 e. The number of para-hydroxylation sites is 1. The fourth-order valence-electron chi connectivity index (χ4n) is 2.95. The first-order valence-electron chi connectivity index (χ1n) is 8.69. The van der Waals surface area contributed by atoms with Gasteiger partial charge in [0.1, 0.15) is 12.4 Å². The van der Waals surface area contributed by atoms with E-state index in [2.05, 4.69) is 25.9 Å². The maximum Gasteiger partial charge on any atom is 0.259 e. The number of nitrogens with one attached hydrogen (secondary N) is 1. The highest BCUT2D eigenvalue weighted by Gasteiger charge is 2.11. The van der Waals surface area contributed by atoms with Crippen molar-refractivity contribution in [3.63, 3.8) is 0 Å². The molecule has 0 saturated carbocycles. The minimum Gasteiger partial charge on any atom is -0.493 e. The zero-order valence-corrected chi connectivity index (χ0v) is 16.7. The van der Waals surface area contributed by atoms with Crippen LogP contribution >= 0.6 is 15.9 Å². The molecule has 5 nitrogen and oxygen atoms in total. The van der Waals surface area contributed by atoms with Crippen molar-refractivity contribution in [2.75, 3.05) is 7.11 Å². The third-order valence-electron chi connectivity index (χ3n) is 4.33. The lowest BCUT2D eigenvalue weighted by atomic mass is 10.1. The molecule has 0 aliphatic carbocycles. The second-order valence-electron chi connectivity index (χ2n) is 6.22. The van der Waals surface area contributed by atoms with Gasteiger partial charge in [-0.05, 0) is 48.0 Å². The predicted molar refractivity (Wildman–Crippen MR) is 113 cm³/mol. The monoisotopic (exact) mass is 436 g/mol. The number of aromatic amines is 1. The normalized spacial score (nSPS) is 10.8. The molecule has 0 radical (unpaired) electrons. The van der Waals surface area contributed by atoms with E-state index in [-0.39, 0.29) is 5.56 Å². The molecule has 0 bridgehead atoms. The number of hydrogen-bond donors (Lipinski definition) is 1. The number of hydrogen-bond acceptors (Lipinski definition) is 4. The molecule has 0 aliphatic heterocycles. The lowest BCUT2D eigenvalue weighted by Crippen LogP contribution is -2.09. The number of nitrogens with zero attached hydrogens (tertiary/aromatic N) is 1. The Balaban J connectivity index is 1.69. The van der Waals surface area contributed by atoms with Gasteiger partial charge in [0.15, 0.2) is 11.5 Å². The summed E-state index contributed by atoms with van der Waals surface area (Å²) in [7, 11) is 1.59. The summed E-state index contributed by atoms with van der Waals surface area (Å²) in [4.78, 5) is 19.8. The first-order valence-corrected chi connectivity index (χ1v) is 9.48. The average Bonchev–Trinajstić information content (AvgIpc) is 2.72. The molecule has 3 aromatic carbocycles. The van der Waals surface area contributed by atoms with E-state index < -0.39 is 0 Å². The molecule has 0 aliphatic rings. The zero-order valence-electron chi connectivity index (χ0n) is 15.1. The Morgan fingerprint density at radius 3 is 2.68 bits per heavy atom. The maximum atomic E-state index is 12.4. The number of rotatable bonds is 5. The van der Waals surface area contributed by atoms with Gasteiger partial charge in [0.2, 0.25) is 0 Å². The highest BCUT2D eigenvalue weighted by molar-refractivity contribution is 9.10. The summed E-state index contributed by atoms with van der Waals surface area (Å²) in [6.07, 6.45) is 0. The molecule has 1 aromatic heterocycles. The Kier molecular flexibility index (Phi) is 5.12. The topological polar surface area (TPSA) is 64.2 Å². The number of fused-ring (bicyclic) bond motifs is 1. The van der Waals surface area contributed by atoms with Crippen molar-refractivity contribution in [2.24, 2.45) is 0 Å². The number of methoxy groups -OCH3 is 1. The summed E-state index contributed by atoms with van der Waals surface area (Å²) >= 11 is 3.46. The molecule has 0 saturated heterocycles. The molecule has 140 valence electrons. The number of ether oxygens (including phenoxy) is 2. The lowest BCUT2D eigenvalue weighted by Gasteiger charge is -2.13. The third kappa shape index (κ3) is 3.77. The summed E-state index contributed by atoms with van der Waals surface area (Å²) in [5, 5.41) is 0.561. The van der Waals surface area contributed by atoms with Crippen molar-refractivity contribution >= 4 is 26.8 Å². The number of benzene rings is 3. The van der Waals surface area contributed by atoms with E-state index >= 15 is 0 Å². The molecule has 28 heavy (non-hydrogen) atoms. The van der Waals surface area contributed by atoms with Gasteiger partial charge in [0, 0.05) is 10.0 Å². The molecular weight excluding hydrogens is 420 g/mol. The van der Waals surface area contributed by atoms with Crippen LogP contribution in [0.1, 0.15) is 5.56 Å². The fraction of sp³-hybridized carbons (Fsp3) is 0.0909. The summed E-state index contributed by atoms with van der Waals surface area (Å²) in [6, 6.07) is 20.6. The van der Waals surface area contributed by atoms with Gasteiger partial charge in [-0.15, -0.1) is 0 Å². The Labute approximate surface area is 170 Å². The lowest BCUT2D eigenvalue weighted by molar-refractivity contribution is 0.284. The number of H-pyrrole nitrogens is 1. The van der Waals surface area contributed by atoms with Gasteiger partial charge in [0.05, 0.1) is 18.0 Å². The summed E-state index contributed by atoms with van der Waals surface area (Å²) < 4.78 is 12.4. The van der Waals surface area contributed by atoms with E-state index in [1.165, 1.54) is 0 Å². The van der Waals surface area contributed by atoms with Crippen molar-refractivity contribution in [3.8, 4) is 22.9 Å². The molecule has 0 fully saturated rings. The quantitative estimate of drug-likeness (QED) is 0.481. The maximum absolute atomic E-state index is 12.4. The second-order valence-corrected chi connectivity index (χ2v) is 7.13. The van der Waals surface area contributed by atoms with Crippen molar-refractivity contribution in [2.45, 2.75) is 6.61 Å². The van der Waals surface area contributed by atoms with Crippen molar-refractivity contribution < 1.29 is 9.47 Å². The van der Waals surface area contributed by atoms with Crippen LogP contribution in [0.3, 0.4) is 0 Å². The van der Waals surface area contributed by atoms with Gasteiger partial charge >= 0.3 is 0 Å². The molecule has 4 aromatic rings. The highest BCUT2D eigenvalue weighted by Crippen LogP contribution is 2.32. The molecule has 6 heteroatoms. The second kappa shape index (κ2) is 7.86. The van der Waals surface area contributed by atoms with E-state index in [0.717, 1.165) is 15.6 Å². The zero-order chi connectivity index (χ0) is 19.5. The van der Waals surface area contributed by atoms with E-state index in [9.17, 15) is 4.79 Å². The standard InChI is InChI=1S/C22H17BrN2O3/c1-27-19-10-9-15(12-20(19)28-13-14-5-4-6-16(23)11-14)21-24-18-8-3-2-7-17(18)22(26)25-21/h2-12H,13H2,1H3,(H,24,25,26). The van der Waals surface area contributed by atoms with Crippen LogP contribution in [0.4, 0.5) is 0 Å². The number of aromatic nitrogens is 2. The first-order chi connectivity index (χ1) is 13.6. The Morgan fingerprint density at radius 2 is 1.86 bits per heavy atom. The Morgan fingerprint density at radius 1 is 1.00 bits per heavy atom. The average molecular weight is 437 g/mol. The molecule has 0 amide bonds. The minimum atomic E-state index is -0.173. The van der Waals surface area contributed by atoms with E-state index in [1.54, 1.807) is 19.2 Å². The molecule has 1 heterocycles. The van der Waals surface area contributed by atoms with E-state index in [1.807, 2.05) is 54.6 Å². The minimum absolute atomic E-state index is 0.173. The van der Waals surface area contributed by atoms with Crippen LogP contribution in [0.5, 0.6) is 11.5 Å². The van der Waals surface area contributed by atoms with Crippen molar-refractivity contribution in [1.29, 1.82) is 0 Å². The molecule has 0 atom stereocenters. The van der Waals surface area contributed by atoms with Crippen LogP contribution in [0.2, 0.25) is 0 Å². The van der Waals surface area contributed by atoms with Gasteiger partial charge in [0.25, 0.3) is 5.56 Å². The highest BCUT2D eigenvalue weighted by atomic mass is 79.9. The van der Waals surface area contributed by atoms with Crippen LogP contribution in [0, 0.1) is 0 Å². The third-order valence-corrected chi connectivity index (χ3v) is 4.83. The SMILES string of the molecule is COc1ccc(-c2nc3ccccc3c(=O)[nH]2)cc1OCc1cccc(Br)c1. The first kappa shape index (κ1) is 18.3.